The van der Waals surface area contributed by atoms with Gasteiger partial charge in [-0.25, -0.2) is 0 Å². The van der Waals surface area contributed by atoms with Crippen molar-refractivity contribution in [3.8, 4) is 0 Å². The number of aromatic amines is 1. The van der Waals surface area contributed by atoms with Crippen LogP contribution in [0.25, 0.3) is 10.9 Å². The Morgan fingerprint density at radius 3 is 2.32 bits per heavy atom. The molecule has 1 unspecified atom stereocenters. The SMILES string of the molecule is O=C(c1ccc2[nH]ncc2c1)N1CCC2(CC1)C(O)N(c1ccccc1)CN2c1ccccc1. The van der Waals surface area contributed by atoms with Crippen molar-refractivity contribution < 1.29 is 9.90 Å². The first-order chi connectivity index (χ1) is 16.7. The van der Waals surface area contributed by atoms with Crippen LogP contribution in [0.3, 0.4) is 0 Å². The zero-order valence-corrected chi connectivity index (χ0v) is 18.8. The van der Waals surface area contributed by atoms with Crippen LogP contribution in [0.5, 0.6) is 0 Å². The first-order valence-electron chi connectivity index (χ1n) is 11.7. The van der Waals surface area contributed by atoms with E-state index in [1.165, 1.54) is 0 Å². The minimum atomic E-state index is -0.672. The topological polar surface area (TPSA) is 75.7 Å². The van der Waals surface area contributed by atoms with E-state index in [1.54, 1.807) is 6.20 Å². The van der Waals surface area contributed by atoms with Crippen molar-refractivity contribution in [2.45, 2.75) is 24.6 Å². The predicted molar refractivity (Wildman–Crippen MR) is 133 cm³/mol. The highest BCUT2D eigenvalue weighted by Crippen LogP contribution is 2.43. The fourth-order valence-corrected chi connectivity index (χ4v) is 5.47. The lowest BCUT2D eigenvalue weighted by Gasteiger charge is -2.46. The van der Waals surface area contributed by atoms with Gasteiger partial charge in [0, 0.05) is 35.4 Å². The zero-order valence-electron chi connectivity index (χ0n) is 18.8. The standard InChI is InChI=1S/C27H27N5O2/c33-25(20-11-12-24-21(17-20)18-28-29-24)30-15-13-27(14-16-30)26(34)31(22-7-3-1-4-8-22)19-32(27)23-9-5-2-6-10-23/h1-12,17-18,26,34H,13-16,19H2,(H,28,29). The van der Waals surface area contributed by atoms with E-state index in [0.29, 0.717) is 38.2 Å². The normalized spacial score (nSPS) is 19.8. The van der Waals surface area contributed by atoms with Crippen LogP contribution in [0.2, 0.25) is 0 Å². The molecule has 2 aliphatic rings. The van der Waals surface area contributed by atoms with Crippen molar-refractivity contribution in [1.82, 2.24) is 15.1 Å². The minimum absolute atomic E-state index is 0.0246. The third-order valence-corrected chi connectivity index (χ3v) is 7.37. The molecule has 1 spiro atoms. The highest BCUT2D eigenvalue weighted by atomic mass is 16.3. The number of benzene rings is 3. The Morgan fingerprint density at radius 2 is 1.62 bits per heavy atom. The van der Waals surface area contributed by atoms with Gasteiger partial charge in [-0.05, 0) is 55.3 Å². The summed E-state index contributed by atoms with van der Waals surface area (Å²) in [6.45, 7) is 1.77. The van der Waals surface area contributed by atoms with Gasteiger partial charge in [0.05, 0.1) is 23.9 Å². The Kier molecular flexibility index (Phi) is 4.99. The minimum Gasteiger partial charge on any atom is -0.371 e. The van der Waals surface area contributed by atoms with Crippen molar-refractivity contribution >= 4 is 28.2 Å². The van der Waals surface area contributed by atoms with E-state index in [0.717, 1.165) is 22.3 Å². The summed E-state index contributed by atoms with van der Waals surface area (Å²) in [5, 5.41) is 19.6. The Bertz CT molecular complexity index is 1300. The molecule has 2 N–H and O–H groups in total. The van der Waals surface area contributed by atoms with Crippen LogP contribution in [-0.4, -0.2) is 57.6 Å². The van der Waals surface area contributed by atoms with E-state index in [2.05, 4.69) is 32.1 Å². The molecule has 1 aromatic heterocycles. The second kappa shape index (κ2) is 8.18. The molecule has 6 rings (SSSR count). The average Bonchev–Trinajstić information content (AvgIpc) is 3.48. The lowest BCUT2D eigenvalue weighted by atomic mass is 9.84. The van der Waals surface area contributed by atoms with Crippen molar-refractivity contribution in [3.05, 3.63) is 90.6 Å². The summed E-state index contributed by atoms with van der Waals surface area (Å²) in [6.07, 6.45) is 2.44. The number of carbonyl (C=O) groups excluding carboxylic acids is 1. The molecule has 2 aliphatic heterocycles. The molecule has 4 aromatic rings. The highest BCUT2D eigenvalue weighted by molar-refractivity contribution is 5.98. The molecular weight excluding hydrogens is 426 g/mol. The second-order valence-electron chi connectivity index (χ2n) is 9.15. The maximum Gasteiger partial charge on any atom is 0.253 e. The molecule has 1 amide bonds. The van der Waals surface area contributed by atoms with Gasteiger partial charge in [0.1, 0.15) is 0 Å². The van der Waals surface area contributed by atoms with Crippen LogP contribution in [-0.2, 0) is 0 Å². The van der Waals surface area contributed by atoms with E-state index >= 15 is 0 Å². The van der Waals surface area contributed by atoms with Crippen molar-refractivity contribution in [1.29, 1.82) is 0 Å². The molecule has 3 aromatic carbocycles. The molecule has 2 saturated heterocycles. The number of amides is 1. The summed E-state index contributed by atoms with van der Waals surface area (Å²) < 4.78 is 0. The number of fused-ring (bicyclic) bond motifs is 1. The number of piperidine rings is 1. The number of anilines is 2. The lowest BCUT2D eigenvalue weighted by Crippen LogP contribution is -2.59. The number of nitrogens with zero attached hydrogens (tertiary/aromatic N) is 4. The number of likely N-dealkylation sites (tertiary alicyclic amines) is 1. The molecule has 2 fully saturated rings. The quantitative estimate of drug-likeness (QED) is 0.493. The van der Waals surface area contributed by atoms with Crippen LogP contribution < -0.4 is 9.80 Å². The number of aliphatic hydroxyl groups is 1. The number of aliphatic hydroxyl groups excluding tert-OH is 1. The average molecular weight is 454 g/mol. The molecule has 0 aliphatic carbocycles. The Hall–Kier alpha value is -3.84. The van der Waals surface area contributed by atoms with Gasteiger partial charge in [0.25, 0.3) is 5.91 Å². The Labute approximate surface area is 198 Å². The van der Waals surface area contributed by atoms with Gasteiger partial charge in [-0.3, -0.25) is 9.89 Å². The van der Waals surface area contributed by atoms with Gasteiger partial charge in [-0.15, -0.1) is 0 Å². The Balaban J connectivity index is 1.28. The van der Waals surface area contributed by atoms with Gasteiger partial charge in [-0.1, -0.05) is 36.4 Å². The molecule has 0 radical (unpaired) electrons. The third-order valence-electron chi connectivity index (χ3n) is 7.37. The predicted octanol–water partition coefficient (Wildman–Crippen LogP) is 3.84. The first kappa shape index (κ1) is 20.7. The summed E-state index contributed by atoms with van der Waals surface area (Å²) in [6, 6.07) is 26.0. The zero-order chi connectivity index (χ0) is 23.1. The number of H-pyrrole nitrogens is 1. The summed E-state index contributed by atoms with van der Waals surface area (Å²) in [5.74, 6) is 0.0246. The van der Waals surface area contributed by atoms with E-state index in [-0.39, 0.29) is 5.91 Å². The van der Waals surface area contributed by atoms with Gasteiger partial charge in [0.15, 0.2) is 6.23 Å². The largest absolute Gasteiger partial charge is 0.371 e. The van der Waals surface area contributed by atoms with Gasteiger partial charge in [-0.2, -0.15) is 5.10 Å². The molecule has 7 nitrogen and oxygen atoms in total. The maximum absolute atomic E-state index is 13.3. The van der Waals surface area contributed by atoms with Crippen LogP contribution in [0.4, 0.5) is 11.4 Å². The van der Waals surface area contributed by atoms with Crippen LogP contribution in [0.15, 0.2) is 85.1 Å². The van der Waals surface area contributed by atoms with Crippen LogP contribution >= 0.6 is 0 Å². The summed E-state index contributed by atoms with van der Waals surface area (Å²) in [4.78, 5) is 19.6. The number of carbonyl (C=O) groups is 1. The first-order valence-corrected chi connectivity index (χ1v) is 11.7. The van der Waals surface area contributed by atoms with Crippen molar-refractivity contribution in [2.75, 3.05) is 29.6 Å². The smallest absolute Gasteiger partial charge is 0.253 e. The summed E-state index contributed by atoms with van der Waals surface area (Å²) in [5.41, 5.74) is 3.21. The van der Waals surface area contributed by atoms with Gasteiger partial charge < -0.3 is 19.8 Å². The number of nitrogens with one attached hydrogen (secondary N) is 1. The maximum atomic E-state index is 13.3. The van der Waals surface area contributed by atoms with Crippen LogP contribution in [0, 0.1) is 0 Å². The molecule has 1 atom stereocenters. The van der Waals surface area contributed by atoms with E-state index in [4.69, 9.17) is 0 Å². The van der Waals surface area contributed by atoms with E-state index in [9.17, 15) is 9.90 Å². The van der Waals surface area contributed by atoms with Gasteiger partial charge >= 0.3 is 0 Å². The monoisotopic (exact) mass is 453 g/mol. The fraction of sp³-hybridized carbons (Fsp3) is 0.259. The number of aromatic nitrogens is 2. The molecular formula is C27H27N5O2. The number of hydrogen-bond acceptors (Lipinski definition) is 5. The molecule has 34 heavy (non-hydrogen) atoms. The molecule has 7 heteroatoms. The van der Waals surface area contributed by atoms with Crippen molar-refractivity contribution in [2.24, 2.45) is 0 Å². The summed E-state index contributed by atoms with van der Waals surface area (Å²) in [7, 11) is 0. The van der Waals surface area contributed by atoms with Gasteiger partial charge in [0.2, 0.25) is 0 Å². The van der Waals surface area contributed by atoms with E-state index in [1.807, 2.05) is 71.6 Å². The molecule has 0 saturated carbocycles. The van der Waals surface area contributed by atoms with Crippen molar-refractivity contribution in [3.63, 3.8) is 0 Å². The number of para-hydroxylation sites is 2. The lowest BCUT2D eigenvalue weighted by molar-refractivity contribution is 0.0448. The molecule has 0 bridgehead atoms. The second-order valence-corrected chi connectivity index (χ2v) is 9.15. The van der Waals surface area contributed by atoms with E-state index < -0.39 is 11.8 Å². The summed E-state index contributed by atoms with van der Waals surface area (Å²) >= 11 is 0. The highest BCUT2D eigenvalue weighted by Gasteiger charge is 2.54. The molecule has 172 valence electrons. The third kappa shape index (κ3) is 3.31. The fourth-order valence-electron chi connectivity index (χ4n) is 5.47. The molecule has 3 heterocycles. The number of hydrogen-bond donors (Lipinski definition) is 2. The Morgan fingerprint density at radius 1 is 0.941 bits per heavy atom. The number of rotatable bonds is 3. The van der Waals surface area contributed by atoms with Crippen LogP contribution in [0.1, 0.15) is 23.2 Å².